The number of nitrogens with zero attached hydrogens (tertiary/aromatic N) is 1. The Kier molecular flexibility index (Phi) is 1.87. The van der Waals surface area contributed by atoms with Crippen molar-refractivity contribution in [2.75, 3.05) is 20.4 Å². The highest BCUT2D eigenvalue weighted by Crippen LogP contribution is 2.39. The van der Waals surface area contributed by atoms with E-state index in [2.05, 4.69) is 0 Å². The lowest BCUT2D eigenvalue weighted by Crippen LogP contribution is -2.31. The summed E-state index contributed by atoms with van der Waals surface area (Å²) >= 11 is 0. The van der Waals surface area contributed by atoms with Crippen molar-refractivity contribution >= 4 is 0 Å². The second kappa shape index (κ2) is 3.12. The molecule has 1 atom stereocenters. The van der Waals surface area contributed by atoms with E-state index < -0.39 is 6.23 Å². The van der Waals surface area contributed by atoms with Gasteiger partial charge in [-0.2, -0.15) is 0 Å². The van der Waals surface area contributed by atoms with Gasteiger partial charge in [-0.05, 0) is 31.2 Å². The molecule has 4 nitrogen and oxygen atoms in total. The molecule has 0 saturated heterocycles. The first kappa shape index (κ1) is 9.00. The normalized spacial score (nSPS) is 24.0. The zero-order valence-electron chi connectivity index (χ0n) is 8.56. The highest BCUT2D eigenvalue weighted by atomic mass is 16.7. The highest BCUT2D eigenvalue weighted by molar-refractivity contribution is 5.50. The summed E-state index contributed by atoms with van der Waals surface area (Å²) in [6.45, 7) is 1.15. The predicted octanol–water partition coefficient (Wildman–Crippen LogP) is 0.894. The third kappa shape index (κ3) is 1.29. The van der Waals surface area contributed by atoms with Crippen LogP contribution in [0.3, 0.4) is 0 Å². The van der Waals surface area contributed by atoms with Gasteiger partial charge in [-0.1, -0.05) is 0 Å². The SMILES string of the molecule is CN1CCc2cc3c(cc2C1O)OCO3. The summed E-state index contributed by atoms with van der Waals surface area (Å²) in [5.41, 5.74) is 2.10. The molecule has 0 spiro atoms. The molecule has 2 aliphatic rings. The number of benzene rings is 1. The Labute approximate surface area is 88.0 Å². The Bertz CT molecular complexity index is 405. The van der Waals surface area contributed by atoms with Gasteiger partial charge in [-0.15, -0.1) is 0 Å². The Morgan fingerprint density at radius 3 is 2.87 bits per heavy atom. The van der Waals surface area contributed by atoms with Gasteiger partial charge in [-0.3, -0.25) is 4.90 Å². The molecule has 0 fully saturated rings. The highest BCUT2D eigenvalue weighted by Gasteiger charge is 2.26. The number of rotatable bonds is 0. The minimum atomic E-state index is -0.525. The van der Waals surface area contributed by atoms with Gasteiger partial charge in [0, 0.05) is 12.1 Å². The molecule has 1 aromatic rings. The number of aliphatic hydroxyl groups excluding tert-OH is 1. The zero-order valence-corrected chi connectivity index (χ0v) is 8.56. The van der Waals surface area contributed by atoms with Crippen molar-refractivity contribution in [2.24, 2.45) is 0 Å². The number of likely N-dealkylation sites (N-methyl/N-ethyl adjacent to an activating group) is 1. The Balaban J connectivity index is 2.10. The van der Waals surface area contributed by atoms with Crippen LogP contribution in [0.5, 0.6) is 11.5 Å². The summed E-state index contributed by atoms with van der Waals surface area (Å²) in [6, 6.07) is 3.87. The summed E-state index contributed by atoms with van der Waals surface area (Å²) in [6.07, 6.45) is 0.419. The minimum Gasteiger partial charge on any atom is -0.454 e. The molecule has 0 amide bonds. The van der Waals surface area contributed by atoms with Crippen LogP contribution in [0.25, 0.3) is 0 Å². The van der Waals surface area contributed by atoms with Crippen molar-refractivity contribution in [3.63, 3.8) is 0 Å². The molecule has 15 heavy (non-hydrogen) atoms. The van der Waals surface area contributed by atoms with E-state index in [1.807, 2.05) is 24.1 Å². The Morgan fingerprint density at radius 2 is 2.07 bits per heavy atom. The largest absolute Gasteiger partial charge is 0.454 e. The van der Waals surface area contributed by atoms with Crippen LogP contribution in [0.1, 0.15) is 17.4 Å². The van der Waals surface area contributed by atoms with Gasteiger partial charge in [0.1, 0.15) is 6.23 Å². The lowest BCUT2D eigenvalue weighted by atomic mass is 9.98. The summed E-state index contributed by atoms with van der Waals surface area (Å²) in [5, 5.41) is 9.99. The van der Waals surface area contributed by atoms with E-state index in [0.717, 1.165) is 35.6 Å². The van der Waals surface area contributed by atoms with Crippen molar-refractivity contribution in [3.05, 3.63) is 23.3 Å². The number of hydrogen-bond donors (Lipinski definition) is 1. The van der Waals surface area contributed by atoms with Crippen molar-refractivity contribution in [3.8, 4) is 11.5 Å². The van der Waals surface area contributed by atoms with E-state index >= 15 is 0 Å². The van der Waals surface area contributed by atoms with E-state index in [0.29, 0.717) is 0 Å². The molecule has 0 aliphatic carbocycles. The topological polar surface area (TPSA) is 41.9 Å². The fourth-order valence-electron chi connectivity index (χ4n) is 2.11. The molecule has 4 heteroatoms. The number of ether oxygens (including phenoxy) is 2. The molecular formula is C11H13NO3. The zero-order chi connectivity index (χ0) is 10.4. The molecule has 0 bridgehead atoms. The molecule has 2 heterocycles. The molecule has 1 unspecified atom stereocenters. The van der Waals surface area contributed by atoms with E-state index in [1.165, 1.54) is 0 Å². The lowest BCUT2D eigenvalue weighted by Gasteiger charge is -2.30. The van der Waals surface area contributed by atoms with E-state index in [9.17, 15) is 5.11 Å². The van der Waals surface area contributed by atoms with Crippen LogP contribution in [0.15, 0.2) is 12.1 Å². The van der Waals surface area contributed by atoms with Gasteiger partial charge in [0.2, 0.25) is 6.79 Å². The van der Waals surface area contributed by atoms with Crippen molar-refractivity contribution in [1.82, 2.24) is 4.90 Å². The first-order valence-electron chi connectivity index (χ1n) is 5.06. The van der Waals surface area contributed by atoms with Crippen molar-refractivity contribution in [1.29, 1.82) is 0 Å². The first-order chi connectivity index (χ1) is 7.25. The summed E-state index contributed by atoms with van der Waals surface area (Å²) in [5.74, 6) is 1.54. The average Bonchev–Trinajstić information content (AvgIpc) is 2.68. The summed E-state index contributed by atoms with van der Waals surface area (Å²) in [7, 11) is 1.91. The Morgan fingerprint density at radius 1 is 1.33 bits per heavy atom. The summed E-state index contributed by atoms with van der Waals surface area (Å²) in [4.78, 5) is 1.92. The van der Waals surface area contributed by atoms with E-state index in [-0.39, 0.29) is 6.79 Å². The third-order valence-corrected chi connectivity index (χ3v) is 3.06. The second-order valence-corrected chi connectivity index (χ2v) is 4.01. The molecule has 3 rings (SSSR count). The second-order valence-electron chi connectivity index (χ2n) is 4.01. The van der Waals surface area contributed by atoms with Crippen LogP contribution >= 0.6 is 0 Å². The van der Waals surface area contributed by atoms with Crippen LogP contribution in [0.4, 0.5) is 0 Å². The predicted molar refractivity (Wildman–Crippen MR) is 53.9 cm³/mol. The Hall–Kier alpha value is -1.26. The van der Waals surface area contributed by atoms with Crippen molar-refractivity contribution in [2.45, 2.75) is 12.6 Å². The maximum atomic E-state index is 9.99. The molecule has 0 radical (unpaired) electrons. The third-order valence-electron chi connectivity index (χ3n) is 3.06. The average molecular weight is 207 g/mol. The molecule has 1 aromatic carbocycles. The summed E-state index contributed by atoms with van der Waals surface area (Å²) < 4.78 is 10.6. The van der Waals surface area contributed by atoms with E-state index in [1.54, 1.807) is 0 Å². The molecular weight excluding hydrogens is 194 g/mol. The van der Waals surface area contributed by atoms with Crippen LogP contribution in [0, 0.1) is 0 Å². The smallest absolute Gasteiger partial charge is 0.231 e. The molecule has 1 N–H and O–H groups in total. The molecule has 2 aliphatic heterocycles. The maximum absolute atomic E-state index is 9.99. The molecule has 80 valence electrons. The van der Waals surface area contributed by atoms with Gasteiger partial charge < -0.3 is 14.6 Å². The van der Waals surface area contributed by atoms with Crippen LogP contribution in [-0.4, -0.2) is 30.4 Å². The quantitative estimate of drug-likeness (QED) is 0.686. The maximum Gasteiger partial charge on any atom is 0.231 e. The fraction of sp³-hybridized carbons (Fsp3) is 0.455. The standard InChI is InChI=1S/C11H13NO3/c1-12-3-2-7-4-9-10(15-6-14-9)5-8(7)11(12)13/h4-5,11,13H,2-3,6H2,1H3. The minimum absolute atomic E-state index is 0.282. The van der Waals surface area contributed by atoms with Crippen LogP contribution in [0.2, 0.25) is 0 Å². The van der Waals surface area contributed by atoms with Gasteiger partial charge in [0.15, 0.2) is 11.5 Å². The molecule has 0 aromatic heterocycles. The van der Waals surface area contributed by atoms with Crippen molar-refractivity contribution < 1.29 is 14.6 Å². The fourth-order valence-corrected chi connectivity index (χ4v) is 2.11. The molecule has 0 saturated carbocycles. The monoisotopic (exact) mass is 207 g/mol. The number of fused-ring (bicyclic) bond motifs is 2. The lowest BCUT2D eigenvalue weighted by molar-refractivity contribution is 0.0127. The van der Waals surface area contributed by atoms with Crippen LogP contribution < -0.4 is 9.47 Å². The van der Waals surface area contributed by atoms with Gasteiger partial charge >= 0.3 is 0 Å². The van der Waals surface area contributed by atoms with Crippen LogP contribution in [-0.2, 0) is 6.42 Å². The number of hydrogen-bond acceptors (Lipinski definition) is 4. The first-order valence-corrected chi connectivity index (χ1v) is 5.06. The van der Waals surface area contributed by atoms with Gasteiger partial charge in [-0.25, -0.2) is 0 Å². The van der Waals surface area contributed by atoms with Gasteiger partial charge in [0.05, 0.1) is 0 Å². The number of aliphatic hydroxyl groups is 1. The van der Waals surface area contributed by atoms with E-state index in [4.69, 9.17) is 9.47 Å². The van der Waals surface area contributed by atoms with Gasteiger partial charge in [0.25, 0.3) is 0 Å².